The molecular weight excluding hydrogens is 302 g/mol. The van der Waals surface area contributed by atoms with Gasteiger partial charge in [-0.15, -0.1) is 0 Å². The third-order valence-corrected chi connectivity index (χ3v) is 4.55. The smallest absolute Gasteiger partial charge is 0.261 e. The minimum atomic E-state index is -0.208. The van der Waals surface area contributed by atoms with Crippen LogP contribution in [0.25, 0.3) is 10.8 Å². The first-order valence-electron chi connectivity index (χ1n) is 8.12. The Balaban J connectivity index is 1.66. The highest BCUT2D eigenvalue weighted by molar-refractivity contribution is 6.25. The minimum Gasteiger partial charge on any atom is -0.270 e. The van der Waals surface area contributed by atoms with Crippen LogP contribution in [0.3, 0.4) is 0 Å². The van der Waals surface area contributed by atoms with E-state index in [0.717, 1.165) is 17.3 Å². The van der Waals surface area contributed by atoms with Gasteiger partial charge < -0.3 is 0 Å². The Bertz CT molecular complexity index is 907. The molecule has 0 aliphatic carbocycles. The highest BCUT2D eigenvalue weighted by Crippen LogP contribution is 2.29. The Morgan fingerprint density at radius 2 is 1.67 bits per heavy atom. The van der Waals surface area contributed by atoms with Gasteiger partial charge in [0.05, 0.1) is 13.1 Å². The summed E-state index contributed by atoms with van der Waals surface area (Å²) in [7, 11) is 0. The molecule has 5 heteroatoms. The van der Waals surface area contributed by atoms with Crippen molar-refractivity contribution >= 4 is 22.6 Å². The monoisotopic (exact) mass is 320 g/mol. The van der Waals surface area contributed by atoms with Crippen LogP contribution in [-0.4, -0.2) is 27.8 Å². The van der Waals surface area contributed by atoms with Gasteiger partial charge >= 0.3 is 0 Å². The fourth-order valence-corrected chi connectivity index (χ4v) is 3.26. The molecule has 2 amide bonds. The molecule has 0 fully saturated rings. The molecule has 0 unspecified atom stereocenters. The number of amides is 2. The van der Waals surface area contributed by atoms with Gasteiger partial charge in [-0.3, -0.25) is 14.5 Å². The summed E-state index contributed by atoms with van der Waals surface area (Å²) in [5.74, 6) is -0.417. The summed E-state index contributed by atoms with van der Waals surface area (Å²) in [6, 6.07) is 11.2. The molecule has 4 rings (SSSR count). The summed E-state index contributed by atoms with van der Waals surface area (Å²) in [4.78, 5) is 26.9. The molecule has 1 aromatic heterocycles. The molecule has 5 nitrogen and oxygen atoms in total. The lowest BCUT2D eigenvalue weighted by molar-refractivity contribution is -0.695. The summed E-state index contributed by atoms with van der Waals surface area (Å²) in [6.07, 6.45) is 5.92. The molecule has 2 heterocycles. The molecule has 2 aromatic carbocycles. The van der Waals surface area contributed by atoms with E-state index in [1.807, 2.05) is 47.6 Å². The molecule has 3 aromatic rings. The van der Waals surface area contributed by atoms with Crippen molar-refractivity contribution in [3.05, 3.63) is 66.2 Å². The number of hydrogen-bond acceptors (Lipinski definition) is 2. The van der Waals surface area contributed by atoms with Gasteiger partial charge in [-0.1, -0.05) is 24.3 Å². The van der Waals surface area contributed by atoms with Gasteiger partial charge in [-0.05, 0) is 24.4 Å². The van der Waals surface area contributed by atoms with Gasteiger partial charge in [0.25, 0.3) is 11.8 Å². The molecule has 1 aliphatic heterocycles. The van der Waals surface area contributed by atoms with Gasteiger partial charge in [-0.25, -0.2) is 9.13 Å². The van der Waals surface area contributed by atoms with E-state index in [1.54, 1.807) is 12.1 Å². The van der Waals surface area contributed by atoms with Gasteiger partial charge in [-0.2, -0.15) is 0 Å². The Labute approximate surface area is 139 Å². The van der Waals surface area contributed by atoms with Crippen molar-refractivity contribution in [1.82, 2.24) is 9.47 Å². The van der Waals surface area contributed by atoms with Gasteiger partial charge in [0, 0.05) is 16.5 Å². The van der Waals surface area contributed by atoms with Crippen molar-refractivity contribution in [2.24, 2.45) is 0 Å². The number of nitrogens with zero attached hydrogens (tertiary/aromatic N) is 3. The number of aromatic nitrogens is 2. The predicted octanol–water partition coefficient (Wildman–Crippen LogP) is 2.24. The summed E-state index contributed by atoms with van der Waals surface area (Å²) in [6.45, 7) is 3.91. The highest BCUT2D eigenvalue weighted by atomic mass is 16.2. The van der Waals surface area contributed by atoms with Crippen LogP contribution in [0.2, 0.25) is 0 Å². The topological polar surface area (TPSA) is 46.2 Å². The maximum Gasteiger partial charge on any atom is 0.261 e. The van der Waals surface area contributed by atoms with E-state index < -0.39 is 0 Å². The van der Waals surface area contributed by atoms with Crippen LogP contribution in [0.4, 0.5) is 0 Å². The first-order valence-corrected chi connectivity index (χ1v) is 8.12. The van der Waals surface area contributed by atoms with Crippen molar-refractivity contribution in [1.29, 1.82) is 0 Å². The zero-order valence-corrected chi connectivity index (χ0v) is 13.5. The van der Waals surface area contributed by atoms with Crippen LogP contribution in [0.1, 0.15) is 27.6 Å². The SMILES string of the molecule is CCn1cc[n+](CCN2C(=O)c3cccc4cccc(c34)C2=O)c1. The van der Waals surface area contributed by atoms with Crippen molar-refractivity contribution in [3.63, 3.8) is 0 Å². The third-order valence-electron chi connectivity index (χ3n) is 4.55. The van der Waals surface area contributed by atoms with Gasteiger partial charge in [0.2, 0.25) is 6.33 Å². The number of carbonyl (C=O) groups is 2. The van der Waals surface area contributed by atoms with E-state index in [4.69, 9.17) is 0 Å². The second-order valence-electron chi connectivity index (χ2n) is 5.95. The normalized spacial score (nSPS) is 13.8. The summed E-state index contributed by atoms with van der Waals surface area (Å²) >= 11 is 0. The molecule has 1 aliphatic rings. The number of benzene rings is 2. The second kappa shape index (κ2) is 5.60. The molecule has 0 saturated carbocycles. The van der Waals surface area contributed by atoms with Crippen molar-refractivity contribution in [2.75, 3.05) is 6.54 Å². The Morgan fingerprint density at radius 1 is 1.00 bits per heavy atom. The first-order chi connectivity index (χ1) is 11.7. The fraction of sp³-hybridized carbons (Fsp3) is 0.211. The fourth-order valence-electron chi connectivity index (χ4n) is 3.26. The van der Waals surface area contributed by atoms with E-state index in [-0.39, 0.29) is 11.8 Å². The number of aryl methyl sites for hydroxylation is 1. The molecule has 0 bridgehead atoms. The average Bonchev–Trinajstić information content (AvgIpc) is 3.07. The van der Waals surface area contributed by atoms with Crippen LogP contribution < -0.4 is 4.57 Å². The minimum absolute atomic E-state index is 0.208. The van der Waals surface area contributed by atoms with Crippen LogP contribution in [0, 0.1) is 0 Å². The third kappa shape index (κ3) is 2.21. The van der Waals surface area contributed by atoms with E-state index in [0.29, 0.717) is 24.2 Å². The largest absolute Gasteiger partial charge is 0.270 e. The van der Waals surface area contributed by atoms with Crippen LogP contribution >= 0.6 is 0 Å². The molecule has 0 atom stereocenters. The van der Waals surface area contributed by atoms with Crippen molar-refractivity contribution in [3.8, 4) is 0 Å². The van der Waals surface area contributed by atoms with E-state index >= 15 is 0 Å². The zero-order valence-electron chi connectivity index (χ0n) is 13.5. The first kappa shape index (κ1) is 14.6. The van der Waals surface area contributed by atoms with Gasteiger partial charge in [0.1, 0.15) is 18.9 Å². The quantitative estimate of drug-likeness (QED) is 0.547. The predicted molar refractivity (Wildman–Crippen MR) is 89.6 cm³/mol. The number of hydrogen-bond donors (Lipinski definition) is 0. The molecule has 120 valence electrons. The average molecular weight is 320 g/mol. The van der Waals surface area contributed by atoms with Crippen molar-refractivity contribution < 1.29 is 14.2 Å². The maximum absolute atomic E-state index is 12.8. The highest BCUT2D eigenvalue weighted by Gasteiger charge is 2.32. The lowest BCUT2D eigenvalue weighted by atomic mass is 9.94. The summed E-state index contributed by atoms with van der Waals surface area (Å²) in [5, 5.41) is 1.71. The number of carbonyl (C=O) groups excluding carboxylic acids is 2. The molecule has 0 spiro atoms. The van der Waals surface area contributed by atoms with Crippen LogP contribution in [0.15, 0.2) is 55.1 Å². The lowest BCUT2D eigenvalue weighted by Crippen LogP contribution is -2.46. The van der Waals surface area contributed by atoms with Crippen molar-refractivity contribution in [2.45, 2.75) is 20.0 Å². The maximum atomic E-state index is 12.8. The second-order valence-corrected chi connectivity index (χ2v) is 5.95. The molecule has 0 N–H and O–H groups in total. The lowest BCUT2D eigenvalue weighted by Gasteiger charge is -2.26. The Kier molecular flexibility index (Phi) is 3.41. The number of imidazole rings is 1. The zero-order chi connectivity index (χ0) is 16.7. The Hall–Kier alpha value is -2.95. The number of rotatable bonds is 4. The molecule has 0 saturated heterocycles. The van der Waals surface area contributed by atoms with E-state index in [1.165, 1.54) is 4.90 Å². The summed E-state index contributed by atoms with van der Waals surface area (Å²) < 4.78 is 4.04. The van der Waals surface area contributed by atoms with Gasteiger partial charge in [0.15, 0.2) is 0 Å². The molecular formula is C19H18N3O2+. The number of imide groups is 1. The molecule has 24 heavy (non-hydrogen) atoms. The molecule has 0 radical (unpaired) electrons. The standard InChI is InChI=1S/C19H18N3O2/c1-2-20-9-10-21(13-20)11-12-22-18(23)15-7-3-5-14-6-4-8-16(17(14)15)19(22)24/h3-10,13H,2,11-12H2,1H3/q+1. The summed E-state index contributed by atoms with van der Waals surface area (Å²) in [5.41, 5.74) is 1.22. The van der Waals surface area contributed by atoms with E-state index in [2.05, 4.69) is 11.5 Å². The Morgan fingerprint density at radius 3 is 2.25 bits per heavy atom. The van der Waals surface area contributed by atoms with Crippen LogP contribution in [0.5, 0.6) is 0 Å². The van der Waals surface area contributed by atoms with Crippen LogP contribution in [-0.2, 0) is 13.1 Å². The van der Waals surface area contributed by atoms with E-state index in [9.17, 15) is 9.59 Å².